The van der Waals surface area contributed by atoms with Crippen molar-refractivity contribution < 1.29 is 42.1 Å². The first-order chi connectivity index (χ1) is 20.5. The number of nitrogens with one attached hydrogen (secondary N) is 1. The number of hydrogen-bond acceptors (Lipinski definition) is 12. The Labute approximate surface area is 254 Å². The molecule has 242 valence electrons. The van der Waals surface area contributed by atoms with Gasteiger partial charge in [0.05, 0.1) is 24.7 Å². The molecule has 2 aromatic heterocycles. The summed E-state index contributed by atoms with van der Waals surface area (Å²) in [4.78, 5) is 46.2. The minimum Gasteiger partial charge on any atom is -0.461 e. The summed E-state index contributed by atoms with van der Waals surface area (Å²) in [5.74, 6) is -0.820. The monoisotopic (exact) mass is 638 g/mol. The molecule has 0 aliphatic heterocycles. The highest BCUT2D eigenvalue weighted by Gasteiger charge is 2.34. The molecule has 0 spiro atoms. The summed E-state index contributed by atoms with van der Waals surface area (Å²) in [7, 11) is -2.46. The van der Waals surface area contributed by atoms with Crippen molar-refractivity contribution in [2.75, 3.05) is 39.6 Å². The van der Waals surface area contributed by atoms with Crippen LogP contribution in [0.5, 0.6) is 6.01 Å². The first-order valence-corrected chi connectivity index (χ1v) is 15.5. The zero-order valence-corrected chi connectivity index (χ0v) is 26.9. The summed E-state index contributed by atoms with van der Waals surface area (Å²) in [5.41, 5.74) is 5.76. The van der Waals surface area contributed by atoms with Crippen LogP contribution in [-0.4, -0.2) is 70.2 Å². The van der Waals surface area contributed by atoms with Crippen LogP contribution in [0.4, 0.5) is 5.82 Å². The molecule has 44 heavy (non-hydrogen) atoms. The van der Waals surface area contributed by atoms with Crippen LogP contribution in [0, 0.1) is 10.8 Å². The van der Waals surface area contributed by atoms with E-state index in [0.717, 1.165) is 0 Å². The number of nitrogens with two attached hydrogens (primary N) is 1. The quantitative estimate of drug-likeness (QED) is 0.0856. The number of imidazole rings is 1. The molecular weight excluding hydrogens is 597 g/mol. The second-order valence-corrected chi connectivity index (χ2v) is 14.0. The fourth-order valence-electron chi connectivity index (χ4n) is 3.58. The number of aromatic nitrogens is 4. The molecule has 0 aliphatic rings. The maximum atomic E-state index is 13.8. The van der Waals surface area contributed by atoms with Crippen LogP contribution in [0.2, 0.25) is 0 Å². The largest absolute Gasteiger partial charge is 0.490 e. The van der Waals surface area contributed by atoms with E-state index in [1.807, 2.05) is 0 Å². The minimum absolute atomic E-state index is 0.00657. The van der Waals surface area contributed by atoms with Gasteiger partial charge in [-0.3, -0.25) is 23.2 Å². The fourth-order valence-corrected chi connectivity index (χ4v) is 4.90. The lowest BCUT2D eigenvalue weighted by Crippen LogP contribution is -2.25. The van der Waals surface area contributed by atoms with Gasteiger partial charge in [-0.15, -0.1) is 0 Å². The third-order valence-electron chi connectivity index (χ3n) is 6.00. The van der Waals surface area contributed by atoms with E-state index in [1.54, 1.807) is 65.8 Å². The molecule has 1 aromatic carbocycles. The van der Waals surface area contributed by atoms with Gasteiger partial charge >= 0.3 is 31.2 Å². The van der Waals surface area contributed by atoms with Crippen LogP contribution in [0.1, 0.15) is 52.7 Å². The maximum Gasteiger partial charge on any atom is 0.490 e. The molecule has 4 N–H and O–H groups in total. The molecule has 1 atom stereocenters. The van der Waals surface area contributed by atoms with Crippen LogP contribution >= 0.6 is 7.60 Å². The van der Waals surface area contributed by atoms with E-state index in [-0.39, 0.29) is 48.3 Å². The van der Waals surface area contributed by atoms with Gasteiger partial charge in [0.1, 0.15) is 17.5 Å². The molecule has 0 saturated heterocycles. The topological polar surface area (TPSA) is 201 Å². The summed E-state index contributed by atoms with van der Waals surface area (Å²) < 4.78 is 46.9. The second-order valence-electron chi connectivity index (χ2n) is 11.9. The number of H-pyrrole nitrogens is 1. The summed E-state index contributed by atoms with van der Waals surface area (Å²) in [6.45, 7) is 9.58. The Morgan fingerprint density at radius 1 is 1.02 bits per heavy atom. The van der Waals surface area contributed by atoms with Gasteiger partial charge in [0.25, 0.3) is 6.79 Å². The van der Waals surface area contributed by atoms with Crippen molar-refractivity contribution >= 4 is 36.5 Å². The number of ether oxygens (including phenoxy) is 4. The highest BCUT2D eigenvalue weighted by Crippen LogP contribution is 2.51. The maximum absolute atomic E-state index is 13.8. The number of esters is 2. The number of aromatic amines is 1. The average molecular weight is 639 g/mol. The van der Waals surface area contributed by atoms with Gasteiger partial charge in [-0.2, -0.15) is 9.97 Å². The van der Waals surface area contributed by atoms with Gasteiger partial charge in [-0.25, -0.2) is 9.32 Å². The van der Waals surface area contributed by atoms with E-state index in [1.165, 1.54) is 11.7 Å². The van der Waals surface area contributed by atoms with E-state index < -0.39 is 43.7 Å². The Morgan fingerprint density at radius 2 is 1.68 bits per heavy atom. The molecule has 0 bridgehead atoms. The molecule has 0 aliphatic carbocycles. The third-order valence-corrected chi connectivity index (χ3v) is 7.75. The van der Waals surface area contributed by atoms with Crippen molar-refractivity contribution in [3.63, 3.8) is 0 Å². The number of benzene rings is 1. The zero-order valence-electron chi connectivity index (χ0n) is 26.0. The van der Waals surface area contributed by atoms with Crippen molar-refractivity contribution in [2.45, 2.75) is 54.2 Å². The first-order valence-electron chi connectivity index (χ1n) is 13.7. The summed E-state index contributed by atoms with van der Waals surface area (Å²) in [6, 6.07) is 6.89. The molecule has 16 heteroatoms. The fraction of sp³-hybridized carbons (Fsp3) is 0.536. The van der Waals surface area contributed by atoms with Crippen LogP contribution in [0.3, 0.4) is 0 Å². The van der Waals surface area contributed by atoms with Crippen molar-refractivity contribution in [1.82, 2.24) is 19.5 Å². The van der Waals surface area contributed by atoms with E-state index in [2.05, 4.69) is 15.0 Å². The Kier molecular flexibility index (Phi) is 11.3. The molecule has 0 saturated carbocycles. The van der Waals surface area contributed by atoms with Gasteiger partial charge < -0.3 is 29.7 Å². The van der Waals surface area contributed by atoms with Gasteiger partial charge in [0.2, 0.25) is 6.79 Å². The van der Waals surface area contributed by atoms with Crippen LogP contribution in [0.25, 0.3) is 11.2 Å². The molecule has 15 nitrogen and oxygen atoms in total. The number of anilines is 1. The molecule has 0 fully saturated rings. The highest BCUT2D eigenvalue weighted by molar-refractivity contribution is 7.53. The van der Waals surface area contributed by atoms with Gasteiger partial charge in [0.15, 0.2) is 11.5 Å². The van der Waals surface area contributed by atoms with E-state index in [9.17, 15) is 18.9 Å². The lowest BCUT2D eigenvalue weighted by molar-refractivity contribution is -0.160. The van der Waals surface area contributed by atoms with Crippen molar-refractivity contribution in [1.29, 1.82) is 0 Å². The predicted octanol–water partition coefficient (Wildman–Crippen LogP) is 3.57. The SMILES string of the molecule is COCCOc1nc(N)c2[nH]c(=O)n(Cc3cccc(CP(=O)(OCOC(=O)C(C)(C)C)OCOC(=[OH+])C(C)(C)C)c3)c2n1. The van der Waals surface area contributed by atoms with Crippen molar-refractivity contribution in [3.05, 3.63) is 45.9 Å². The smallest absolute Gasteiger partial charge is 0.461 e. The zero-order chi connectivity index (χ0) is 32.7. The first kappa shape index (κ1) is 34.7. The standard InChI is InChI=1S/C28H40N5O10P/c1-27(2,3)23(34)40-16-42-44(37,43-17-41-24(35)28(4,5)6)15-19-10-8-9-18(13-19)14-33-22-20(30-26(33)36)21(29)31-25(32-22)39-12-11-38-7/h8-10,13H,11-12,14-17H2,1-7H3,(H,30,36)(H2,29,31,32)/p+1. The third kappa shape index (κ3) is 9.61. The van der Waals surface area contributed by atoms with Gasteiger partial charge in [0, 0.05) is 7.11 Å². The summed E-state index contributed by atoms with van der Waals surface area (Å²) in [5, 5.41) is 0. The molecule has 0 radical (unpaired) electrons. The number of fused-ring (bicyclic) bond motifs is 1. The van der Waals surface area contributed by atoms with Crippen molar-refractivity contribution in [3.8, 4) is 6.01 Å². The molecule has 1 unspecified atom stereocenters. The number of nitrogen functional groups attached to an aromatic ring is 1. The predicted molar refractivity (Wildman–Crippen MR) is 162 cm³/mol. The lowest BCUT2D eigenvalue weighted by atomic mass is 9.98. The lowest BCUT2D eigenvalue weighted by Gasteiger charge is -2.20. The average Bonchev–Trinajstić information content (AvgIpc) is 3.23. The Bertz CT molecular complexity index is 1540. The number of methoxy groups -OCH3 is 1. The normalized spacial score (nSPS) is 13.4. The van der Waals surface area contributed by atoms with E-state index in [4.69, 9.17) is 33.7 Å². The summed E-state index contributed by atoms with van der Waals surface area (Å²) >= 11 is 0. The molecule has 2 heterocycles. The van der Waals surface area contributed by atoms with Crippen molar-refractivity contribution in [2.24, 2.45) is 10.8 Å². The van der Waals surface area contributed by atoms with Crippen LogP contribution in [-0.2, 0) is 45.3 Å². The number of carbonyl (C=O) groups excluding carboxylic acids is 2. The highest BCUT2D eigenvalue weighted by atomic mass is 31.2. The Hall–Kier alpha value is -3.78. The molecule has 3 aromatic rings. The molecule has 0 amide bonds. The van der Waals surface area contributed by atoms with E-state index >= 15 is 0 Å². The van der Waals surface area contributed by atoms with E-state index in [0.29, 0.717) is 17.7 Å². The number of hydrogen-bond donors (Lipinski definition) is 2. The Balaban J connectivity index is 1.82. The number of nitrogens with zero attached hydrogens (tertiary/aromatic N) is 3. The van der Waals surface area contributed by atoms with Gasteiger partial charge in [-0.05, 0) is 52.7 Å². The second kappa shape index (κ2) is 14.3. The molecule has 3 rings (SSSR count). The number of rotatable bonds is 14. The van der Waals surface area contributed by atoms with Crippen LogP contribution < -0.4 is 16.2 Å². The molecular formula is C28H41N5O10P+. The van der Waals surface area contributed by atoms with Gasteiger partial charge in [-0.1, -0.05) is 24.3 Å². The minimum atomic E-state index is -3.99. The van der Waals surface area contributed by atoms with Crippen LogP contribution in [0.15, 0.2) is 29.1 Å². The Morgan fingerprint density at radius 3 is 2.32 bits per heavy atom. The summed E-state index contributed by atoms with van der Waals surface area (Å²) in [6.07, 6.45) is -0.233. The number of carbonyl (C=O) groups is 1.